The number of benzene rings is 2. The first-order valence-electron chi connectivity index (χ1n) is 12.4. The molecule has 2 bridgehead atoms. The first kappa shape index (κ1) is 22.5. The molecule has 0 radical (unpaired) electrons. The van der Waals surface area contributed by atoms with E-state index in [-0.39, 0.29) is 0 Å². The Hall–Kier alpha value is -1.26. The minimum atomic E-state index is 0.572. The molecule has 172 valence electrons. The summed E-state index contributed by atoms with van der Waals surface area (Å²) in [5, 5.41) is 5.16. The van der Waals surface area contributed by atoms with E-state index in [9.17, 15) is 0 Å². The van der Waals surface area contributed by atoms with Crippen LogP contribution in [0, 0.1) is 5.92 Å². The summed E-state index contributed by atoms with van der Waals surface area (Å²) in [6.45, 7) is 4.57. The van der Waals surface area contributed by atoms with E-state index in [0.29, 0.717) is 23.1 Å². The molecule has 2 aromatic rings. The predicted molar refractivity (Wildman–Crippen MR) is 136 cm³/mol. The second-order valence-electron chi connectivity index (χ2n) is 10.00. The minimum Gasteiger partial charge on any atom is -0.362 e. The molecule has 1 N–H and O–H groups in total. The molecule has 0 aromatic heterocycles. The quantitative estimate of drug-likeness (QED) is 0.504. The average Bonchev–Trinajstić information content (AvgIpc) is 3.08. The summed E-state index contributed by atoms with van der Waals surface area (Å²) in [6.07, 6.45) is 9.27. The van der Waals surface area contributed by atoms with Crippen molar-refractivity contribution in [2.75, 3.05) is 24.5 Å². The van der Waals surface area contributed by atoms with Gasteiger partial charge in [-0.2, -0.15) is 0 Å². The molecule has 2 aliphatic heterocycles. The zero-order chi connectivity index (χ0) is 21.9. The van der Waals surface area contributed by atoms with E-state index in [4.69, 9.17) is 23.2 Å². The highest BCUT2D eigenvalue weighted by Crippen LogP contribution is 2.41. The van der Waals surface area contributed by atoms with Gasteiger partial charge in [0.05, 0.1) is 15.7 Å². The van der Waals surface area contributed by atoms with Crippen LogP contribution in [0.25, 0.3) is 0 Å². The Morgan fingerprint density at radius 2 is 1.53 bits per heavy atom. The molecule has 3 fully saturated rings. The van der Waals surface area contributed by atoms with Gasteiger partial charge < -0.3 is 10.2 Å². The van der Waals surface area contributed by atoms with Crippen molar-refractivity contribution < 1.29 is 0 Å². The van der Waals surface area contributed by atoms with Crippen LogP contribution in [0.2, 0.25) is 10.0 Å². The van der Waals surface area contributed by atoms with E-state index < -0.39 is 0 Å². The van der Waals surface area contributed by atoms with Gasteiger partial charge in [0.25, 0.3) is 0 Å². The maximum atomic E-state index is 6.56. The summed E-state index contributed by atoms with van der Waals surface area (Å²) in [7, 11) is 0. The largest absolute Gasteiger partial charge is 0.362 e. The third kappa shape index (κ3) is 5.12. The first-order valence-corrected chi connectivity index (χ1v) is 13.1. The number of rotatable bonds is 7. The Morgan fingerprint density at radius 1 is 0.812 bits per heavy atom. The van der Waals surface area contributed by atoms with Crippen molar-refractivity contribution in [1.29, 1.82) is 0 Å². The van der Waals surface area contributed by atoms with Crippen LogP contribution in [-0.4, -0.2) is 42.7 Å². The van der Waals surface area contributed by atoms with Gasteiger partial charge in [0, 0.05) is 37.8 Å². The predicted octanol–water partition coefficient (Wildman–Crippen LogP) is 6.39. The summed E-state index contributed by atoms with van der Waals surface area (Å²) in [6, 6.07) is 18.7. The van der Waals surface area contributed by atoms with Crippen LogP contribution in [0.15, 0.2) is 48.5 Å². The molecule has 0 spiro atoms. The molecule has 1 saturated carbocycles. The maximum Gasteiger partial charge on any atom is 0.0825 e. The van der Waals surface area contributed by atoms with Gasteiger partial charge in [0.1, 0.15) is 0 Å². The van der Waals surface area contributed by atoms with Gasteiger partial charge in [-0.15, -0.1) is 0 Å². The zero-order valence-electron chi connectivity index (χ0n) is 18.9. The second kappa shape index (κ2) is 10.3. The Bertz CT molecular complexity index is 868. The normalized spacial score (nSPS) is 28.2. The number of likely N-dealkylation sites (tertiary alicyclic amines) is 1. The Morgan fingerprint density at radius 3 is 2.25 bits per heavy atom. The number of piperazine rings is 1. The van der Waals surface area contributed by atoms with Crippen LogP contribution in [0.5, 0.6) is 0 Å². The molecular formula is C27H35Cl2N3. The summed E-state index contributed by atoms with van der Waals surface area (Å²) in [5.41, 5.74) is 2.52. The van der Waals surface area contributed by atoms with E-state index in [0.717, 1.165) is 36.3 Å². The molecule has 1 aliphatic carbocycles. The molecule has 2 heterocycles. The maximum absolute atomic E-state index is 6.56. The van der Waals surface area contributed by atoms with E-state index in [1.165, 1.54) is 57.1 Å². The molecule has 2 aromatic carbocycles. The molecule has 5 rings (SSSR count). The lowest BCUT2D eigenvalue weighted by molar-refractivity contribution is 0.188. The fourth-order valence-corrected chi connectivity index (χ4v) is 6.53. The van der Waals surface area contributed by atoms with E-state index >= 15 is 0 Å². The van der Waals surface area contributed by atoms with Crippen molar-refractivity contribution in [3.05, 3.63) is 64.1 Å². The van der Waals surface area contributed by atoms with E-state index in [2.05, 4.69) is 51.5 Å². The summed E-state index contributed by atoms with van der Waals surface area (Å²) in [5.74, 6) is 0.892. The lowest BCUT2D eigenvalue weighted by atomic mass is 9.84. The fraction of sp³-hybridized carbons (Fsp3) is 0.556. The first-order chi connectivity index (χ1) is 15.7. The summed E-state index contributed by atoms with van der Waals surface area (Å²) < 4.78 is 0. The van der Waals surface area contributed by atoms with Gasteiger partial charge in [-0.3, -0.25) is 4.90 Å². The zero-order valence-corrected chi connectivity index (χ0v) is 20.4. The smallest absolute Gasteiger partial charge is 0.0825 e. The van der Waals surface area contributed by atoms with Crippen molar-refractivity contribution >= 4 is 28.9 Å². The molecule has 0 unspecified atom stereocenters. The highest BCUT2D eigenvalue weighted by molar-refractivity contribution is 6.43. The van der Waals surface area contributed by atoms with Crippen molar-refractivity contribution in [3.8, 4) is 0 Å². The Labute approximate surface area is 203 Å². The van der Waals surface area contributed by atoms with Crippen LogP contribution in [0.1, 0.15) is 50.5 Å². The molecular weight excluding hydrogens is 437 g/mol. The number of fused-ring (bicyclic) bond motifs is 2. The van der Waals surface area contributed by atoms with Gasteiger partial charge >= 0.3 is 0 Å². The van der Waals surface area contributed by atoms with Gasteiger partial charge in [-0.1, -0.05) is 59.6 Å². The molecule has 3 nitrogen and oxygen atoms in total. The monoisotopic (exact) mass is 471 g/mol. The highest BCUT2D eigenvalue weighted by Gasteiger charge is 2.40. The van der Waals surface area contributed by atoms with Crippen LogP contribution in [0.4, 0.5) is 5.69 Å². The third-order valence-corrected chi connectivity index (χ3v) is 8.71. The highest BCUT2D eigenvalue weighted by atomic mass is 35.5. The van der Waals surface area contributed by atoms with Gasteiger partial charge in [0.2, 0.25) is 0 Å². The van der Waals surface area contributed by atoms with E-state index in [1.807, 2.05) is 12.1 Å². The Kier molecular flexibility index (Phi) is 7.28. The molecule has 2 atom stereocenters. The van der Waals surface area contributed by atoms with Gasteiger partial charge in [-0.25, -0.2) is 0 Å². The van der Waals surface area contributed by atoms with Gasteiger partial charge in [0.15, 0.2) is 0 Å². The SMILES string of the molecule is Clc1cccc(N2[C@@H]3CC[C@H]2CN(CC[C@H]2CC[C@H](NCc4ccccc4)CC2)C3)c1Cl. The average molecular weight is 473 g/mol. The lowest BCUT2D eigenvalue weighted by Crippen LogP contribution is -2.54. The van der Waals surface area contributed by atoms with Gasteiger partial charge in [-0.05, 0) is 75.1 Å². The van der Waals surface area contributed by atoms with Crippen molar-refractivity contribution in [3.63, 3.8) is 0 Å². The number of nitrogens with one attached hydrogen (secondary N) is 1. The molecule has 2 saturated heterocycles. The minimum absolute atomic E-state index is 0.572. The van der Waals surface area contributed by atoms with Crippen LogP contribution < -0.4 is 10.2 Å². The number of hydrogen-bond donors (Lipinski definition) is 1. The molecule has 5 heteroatoms. The molecule has 32 heavy (non-hydrogen) atoms. The topological polar surface area (TPSA) is 18.5 Å². The number of hydrogen-bond acceptors (Lipinski definition) is 3. The number of nitrogens with zero attached hydrogens (tertiary/aromatic N) is 2. The van der Waals surface area contributed by atoms with Crippen LogP contribution >= 0.6 is 23.2 Å². The second-order valence-corrected chi connectivity index (χ2v) is 10.8. The van der Waals surface area contributed by atoms with Crippen LogP contribution in [0.3, 0.4) is 0 Å². The molecule has 0 amide bonds. The van der Waals surface area contributed by atoms with Crippen LogP contribution in [-0.2, 0) is 6.54 Å². The van der Waals surface area contributed by atoms with Crippen molar-refractivity contribution in [1.82, 2.24) is 10.2 Å². The summed E-state index contributed by atoms with van der Waals surface area (Å²) in [4.78, 5) is 5.28. The molecule has 3 aliphatic rings. The van der Waals surface area contributed by atoms with Crippen molar-refractivity contribution in [2.45, 2.75) is 69.6 Å². The summed E-state index contributed by atoms with van der Waals surface area (Å²) >= 11 is 12.9. The van der Waals surface area contributed by atoms with Crippen molar-refractivity contribution in [2.24, 2.45) is 5.92 Å². The lowest BCUT2D eigenvalue weighted by Gasteiger charge is -2.43. The third-order valence-electron chi connectivity index (χ3n) is 7.91. The number of halogens is 2. The Balaban J connectivity index is 1.06. The standard InChI is InChI=1S/C27H35Cl2N3/c28-25-7-4-8-26(27(25)29)32-23-13-14-24(32)19-31(18-23)16-15-20-9-11-22(12-10-20)30-17-21-5-2-1-3-6-21/h1-8,20,22-24,30H,9-19H2/t20-,22-,23-,24+. The fourth-order valence-electron chi connectivity index (χ4n) is 6.14. The van der Waals surface area contributed by atoms with E-state index in [1.54, 1.807) is 0 Å². The number of anilines is 1.